The highest BCUT2D eigenvalue weighted by atomic mass is 17.2. The summed E-state index contributed by atoms with van der Waals surface area (Å²) in [6, 6.07) is 16.9. The number of benzene rings is 2. The fourth-order valence-corrected chi connectivity index (χ4v) is 5.99. The van der Waals surface area contributed by atoms with Gasteiger partial charge in [0.1, 0.15) is 12.7 Å². The van der Waals surface area contributed by atoms with Crippen LogP contribution < -0.4 is 4.89 Å². The molecule has 182 valence electrons. The van der Waals surface area contributed by atoms with Gasteiger partial charge in [-0.15, -0.1) is 13.2 Å². The summed E-state index contributed by atoms with van der Waals surface area (Å²) in [7, 11) is 0. The molecule has 2 fully saturated rings. The fourth-order valence-electron chi connectivity index (χ4n) is 5.99. The van der Waals surface area contributed by atoms with Gasteiger partial charge in [0.05, 0.1) is 0 Å². The monoisotopic (exact) mass is 462 g/mol. The largest absolute Gasteiger partial charge is 0.337 e. The summed E-state index contributed by atoms with van der Waals surface area (Å²) in [5.41, 5.74) is 3.77. The third kappa shape index (κ3) is 6.18. The first-order valence-electron chi connectivity index (χ1n) is 12.7. The highest BCUT2D eigenvalue weighted by Gasteiger charge is 2.31. The Bertz CT molecular complexity index is 888. The Kier molecular flexibility index (Phi) is 8.97. The normalized spacial score (nSPS) is 25.9. The van der Waals surface area contributed by atoms with Crippen LogP contribution in [0.4, 0.5) is 0 Å². The molecule has 0 aromatic heterocycles. The zero-order valence-corrected chi connectivity index (χ0v) is 20.1. The molecule has 1 unspecified atom stereocenters. The van der Waals surface area contributed by atoms with Gasteiger partial charge in [0, 0.05) is 0 Å². The highest BCUT2D eigenvalue weighted by molar-refractivity contribution is 5.30. The topological polar surface area (TPSA) is 47.9 Å². The van der Waals surface area contributed by atoms with Crippen molar-refractivity contribution in [1.29, 1.82) is 0 Å². The van der Waals surface area contributed by atoms with Crippen LogP contribution in [0.25, 0.3) is 0 Å². The second-order valence-corrected chi connectivity index (χ2v) is 9.88. The summed E-state index contributed by atoms with van der Waals surface area (Å²) in [5, 5.41) is 9.00. The van der Waals surface area contributed by atoms with Crippen molar-refractivity contribution in [3.63, 3.8) is 0 Å². The van der Waals surface area contributed by atoms with Crippen molar-refractivity contribution in [1.82, 2.24) is 0 Å². The lowest BCUT2D eigenvalue weighted by Crippen LogP contribution is -2.25. The number of hydrogen-bond acceptors (Lipinski definition) is 4. The molecule has 2 aliphatic rings. The van der Waals surface area contributed by atoms with E-state index in [9.17, 15) is 0 Å². The minimum atomic E-state index is -0.456. The van der Waals surface area contributed by atoms with Crippen molar-refractivity contribution >= 4 is 0 Å². The van der Waals surface area contributed by atoms with Crippen LogP contribution in [-0.2, 0) is 9.78 Å². The lowest BCUT2D eigenvalue weighted by molar-refractivity contribution is -0.268. The maximum Gasteiger partial charge on any atom is 0.165 e. The third-order valence-corrected chi connectivity index (χ3v) is 7.97. The average Bonchev–Trinajstić information content (AvgIpc) is 2.91. The first-order chi connectivity index (χ1) is 16.7. The van der Waals surface area contributed by atoms with E-state index in [1.54, 1.807) is 12.2 Å². The number of hydrogen-bond donors (Lipinski definition) is 1. The van der Waals surface area contributed by atoms with E-state index in [4.69, 9.17) is 15.0 Å². The molecule has 2 saturated carbocycles. The van der Waals surface area contributed by atoms with E-state index in [1.807, 2.05) is 12.1 Å². The molecule has 0 heterocycles. The maximum absolute atomic E-state index is 9.00. The molecule has 1 N–H and O–H groups in total. The van der Waals surface area contributed by atoms with Crippen LogP contribution in [0.15, 0.2) is 73.8 Å². The van der Waals surface area contributed by atoms with Crippen molar-refractivity contribution in [2.75, 3.05) is 6.61 Å². The summed E-state index contributed by atoms with van der Waals surface area (Å²) in [6.07, 6.45) is 13.3. The van der Waals surface area contributed by atoms with E-state index in [-0.39, 0.29) is 0 Å². The Balaban J connectivity index is 1.22. The van der Waals surface area contributed by atoms with Crippen molar-refractivity contribution < 1.29 is 19.9 Å². The van der Waals surface area contributed by atoms with Gasteiger partial charge in [-0.05, 0) is 104 Å². The Labute approximate surface area is 204 Å². The minimum Gasteiger partial charge on any atom is -0.337 e. The molecule has 0 radical (unpaired) electrons. The molecule has 34 heavy (non-hydrogen) atoms. The lowest BCUT2D eigenvalue weighted by Gasteiger charge is -2.38. The highest BCUT2D eigenvalue weighted by Crippen LogP contribution is 2.46. The second kappa shape index (κ2) is 12.3. The van der Waals surface area contributed by atoms with Gasteiger partial charge in [0.15, 0.2) is 5.75 Å². The molecule has 4 nitrogen and oxygen atoms in total. The zero-order chi connectivity index (χ0) is 23.8. The van der Waals surface area contributed by atoms with Gasteiger partial charge in [-0.2, -0.15) is 4.89 Å². The Hall–Kier alpha value is -2.40. The average molecular weight is 463 g/mol. The van der Waals surface area contributed by atoms with Gasteiger partial charge in [-0.25, -0.2) is 4.89 Å². The first kappa shape index (κ1) is 24.7. The van der Waals surface area contributed by atoms with Crippen molar-refractivity contribution in [2.45, 2.75) is 69.3 Å². The van der Waals surface area contributed by atoms with Crippen LogP contribution in [0.1, 0.15) is 86.0 Å². The summed E-state index contributed by atoms with van der Waals surface area (Å²) in [6.45, 7) is 7.72. The molecule has 2 aliphatic carbocycles. The van der Waals surface area contributed by atoms with Gasteiger partial charge in [-0.1, -0.05) is 48.6 Å². The summed E-state index contributed by atoms with van der Waals surface area (Å²) in [5.74, 6) is 3.81. The van der Waals surface area contributed by atoms with Crippen LogP contribution in [0.3, 0.4) is 0 Å². The van der Waals surface area contributed by atoms with Crippen LogP contribution in [-0.4, -0.2) is 11.9 Å². The third-order valence-electron chi connectivity index (χ3n) is 7.97. The van der Waals surface area contributed by atoms with Crippen LogP contribution in [0.5, 0.6) is 5.75 Å². The van der Waals surface area contributed by atoms with Crippen LogP contribution in [0, 0.1) is 11.8 Å². The SMILES string of the molecule is C=CCOOc1ccc(C2CCC(C3CCC(c4ccc(C(C=C)OO)cc4)CC3)CC2)cc1. The van der Waals surface area contributed by atoms with E-state index in [0.717, 1.165) is 23.1 Å². The first-order valence-corrected chi connectivity index (χ1v) is 12.7. The van der Waals surface area contributed by atoms with Crippen molar-refractivity contribution in [2.24, 2.45) is 11.8 Å². The summed E-state index contributed by atoms with van der Waals surface area (Å²) in [4.78, 5) is 14.8. The molecule has 1 atom stereocenters. The summed E-state index contributed by atoms with van der Waals surface area (Å²) < 4.78 is 0. The molecule has 0 aliphatic heterocycles. The van der Waals surface area contributed by atoms with E-state index in [2.05, 4.69) is 54.4 Å². The Morgan fingerprint density at radius 2 is 1.26 bits per heavy atom. The molecular weight excluding hydrogens is 424 g/mol. The number of rotatable bonds is 10. The molecule has 4 rings (SSSR count). The minimum absolute atomic E-state index is 0.385. The fraction of sp³-hybridized carbons (Fsp3) is 0.467. The molecular formula is C30H38O4. The summed E-state index contributed by atoms with van der Waals surface area (Å²) >= 11 is 0. The van der Waals surface area contributed by atoms with Crippen LogP contribution >= 0.6 is 0 Å². The van der Waals surface area contributed by atoms with Crippen LogP contribution in [0.2, 0.25) is 0 Å². The molecule has 2 aromatic carbocycles. The van der Waals surface area contributed by atoms with Gasteiger partial charge in [0.2, 0.25) is 0 Å². The van der Waals surface area contributed by atoms with Gasteiger partial charge in [0.25, 0.3) is 0 Å². The van der Waals surface area contributed by atoms with Gasteiger partial charge >= 0.3 is 0 Å². The molecule has 0 saturated heterocycles. The predicted octanol–water partition coefficient (Wildman–Crippen LogP) is 8.15. The Morgan fingerprint density at radius 1 is 0.765 bits per heavy atom. The van der Waals surface area contributed by atoms with E-state index in [1.165, 1.54) is 62.5 Å². The predicted molar refractivity (Wildman–Crippen MR) is 136 cm³/mol. The zero-order valence-electron chi connectivity index (χ0n) is 20.1. The standard InChI is InChI=1S/C30H38O4/c1-3-21-32-34-29-19-17-27(18-20-29)25-11-9-23(10-12-25)22-5-7-24(8-6-22)26-13-15-28(16-14-26)30(4-2)33-31/h3-4,13-20,22-25,30-31H,1-2,5-12,21H2. The van der Waals surface area contributed by atoms with E-state index in [0.29, 0.717) is 18.4 Å². The Morgan fingerprint density at radius 3 is 1.71 bits per heavy atom. The molecule has 0 spiro atoms. The molecule has 0 amide bonds. The quantitative estimate of drug-likeness (QED) is 0.167. The van der Waals surface area contributed by atoms with E-state index < -0.39 is 6.10 Å². The van der Waals surface area contributed by atoms with Crippen molar-refractivity contribution in [3.8, 4) is 5.75 Å². The molecule has 0 bridgehead atoms. The smallest absolute Gasteiger partial charge is 0.165 e. The second-order valence-electron chi connectivity index (χ2n) is 9.88. The van der Waals surface area contributed by atoms with Crippen molar-refractivity contribution in [3.05, 3.63) is 90.5 Å². The van der Waals surface area contributed by atoms with Gasteiger partial charge < -0.3 is 4.89 Å². The van der Waals surface area contributed by atoms with E-state index >= 15 is 0 Å². The van der Waals surface area contributed by atoms with Gasteiger partial charge in [-0.3, -0.25) is 5.26 Å². The molecule has 2 aromatic rings. The molecule has 4 heteroatoms. The maximum atomic E-state index is 9.00. The lowest BCUT2D eigenvalue weighted by atomic mass is 9.67.